The third kappa shape index (κ3) is 4.49. The Morgan fingerprint density at radius 3 is 2.63 bits per heavy atom. The van der Waals surface area contributed by atoms with Crippen molar-refractivity contribution in [1.29, 1.82) is 0 Å². The summed E-state index contributed by atoms with van der Waals surface area (Å²) in [6.45, 7) is 2.31. The summed E-state index contributed by atoms with van der Waals surface area (Å²) in [7, 11) is -3.10. The number of benzene rings is 1. The second kappa shape index (κ2) is 8.35. The van der Waals surface area contributed by atoms with Crippen molar-refractivity contribution in [3.63, 3.8) is 0 Å². The molecule has 9 nitrogen and oxygen atoms in total. The Morgan fingerprint density at radius 2 is 1.93 bits per heavy atom. The zero-order valence-corrected chi connectivity index (χ0v) is 17.4. The molecule has 1 aromatic rings. The van der Waals surface area contributed by atoms with Crippen LogP contribution in [0, 0.1) is 5.92 Å². The third-order valence-corrected chi connectivity index (χ3v) is 7.60. The number of morpholine rings is 1. The normalized spacial score (nSPS) is 26.1. The molecule has 3 aliphatic heterocycles. The van der Waals surface area contributed by atoms with Crippen LogP contribution in [0.15, 0.2) is 24.3 Å². The van der Waals surface area contributed by atoms with Crippen molar-refractivity contribution in [1.82, 2.24) is 9.80 Å². The average Bonchev–Trinajstić information content (AvgIpc) is 3.30. The van der Waals surface area contributed by atoms with Crippen molar-refractivity contribution in [3.8, 4) is 0 Å². The molecule has 3 aliphatic rings. The topological polar surface area (TPSA) is 113 Å². The summed E-state index contributed by atoms with van der Waals surface area (Å²) in [6.07, 6.45) is 0.489. The Balaban J connectivity index is 1.38. The predicted octanol–water partition coefficient (Wildman–Crippen LogP) is 0.133. The number of sulfone groups is 1. The predicted molar refractivity (Wildman–Crippen MR) is 109 cm³/mol. The van der Waals surface area contributed by atoms with Gasteiger partial charge in [0.1, 0.15) is 0 Å². The molecule has 2 atom stereocenters. The Kier molecular flexibility index (Phi) is 5.79. The average molecular weight is 436 g/mol. The smallest absolute Gasteiger partial charge is 0.254 e. The van der Waals surface area contributed by atoms with Crippen LogP contribution in [-0.2, 0) is 24.2 Å². The molecule has 3 heterocycles. The number of ether oxygens (including phenoxy) is 1. The molecule has 10 heteroatoms. The highest BCUT2D eigenvalue weighted by Crippen LogP contribution is 2.27. The summed E-state index contributed by atoms with van der Waals surface area (Å²) in [5.41, 5.74) is 0.975. The van der Waals surface area contributed by atoms with Gasteiger partial charge in [-0.3, -0.25) is 14.4 Å². The fraction of sp³-hybridized carbons (Fsp3) is 0.550. The van der Waals surface area contributed by atoms with Gasteiger partial charge in [0.25, 0.3) is 5.91 Å². The van der Waals surface area contributed by atoms with E-state index in [9.17, 15) is 22.8 Å². The third-order valence-electron chi connectivity index (χ3n) is 5.85. The highest BCUT2D eigenvalue weighted by atomic mass is 32.2. The first-order chi connectivity index (χ1) is 14.3. The van der Waals surface area contributed by atoms with Gasteiger partial charge in [-0.1, -0.05) is 6.07 Å². The maximum absolute atomic E-state index is 12.7. The van der Waals surface area contributed by atoms with Crippen molar-refractivity contribution >= 4 is 33.2 Å². The first-order valence-electron chi connectivity index (χ1n) is 10.1. The van der Waals surface area contributed by atoms with E-state index in [1.54, 1.807) is 29.2 Å². The molecule has 0 bridgehead atoms. The van der Waals surface area contributed by atoms with Crippen molar-refractivity contribution in [2.45, 2.75) is 18.9 Å². The van der Waals surface area contributed by atoms with Crippen LogP contribution in [-0.4, -0.2) is 86.3 Å². The summed E-state index contributed by atoms with van der Waals surface area (Å²) < 4.78 is 28.7. The van der Waals surface area contributed by atoms with Gasteiger partial charge in [0.05, 0.1) is 30.6 Å². The Morgan fingerprint density at radius 1 is 1.17 bits per heavy atom. The summed E-state index contributed by atoms with van der Waals surface area (Å²) in [5.74, 6) is -1.09. The van der Waals surface area contributed by atoms with Crippen LogP contribution in [0.4, 0.5) is 5.69 Å². The number of hydrogen-bond donors (Lipinski definition) is 1. The van der Waals surface area contributed by atoms with Crippen molar-refractivity contribution in [2.75, 3.05) is 49.7 Å². The fourth-order valence-electron chi connectivity index (χ4n) is 4.20. The minimum atomic E-state index is -3.10. The molecular formula is C20H25N3O6S. The van der Waals surface area contributed by atoms with Crippen LogP contribution in [0.1, 0.15) is 23.2 Å². The summed E-state index contributed by atoms with van der Waals surface area (Å²) >= 11 is 0. The van der Waals surface area contributed by atoms with Gasteiger partial charge in [0.2, 0.25) is 11.8 Å². The molecule has 0 radical (unpaired) electrons. The number of hydrogen-bond acceptors (Lipinski definition) is 6. The van der Waals surface area contributed by atoms with E-state index in [0.717, 1.165) is 0 Å². The fourth-order valence-corrected chi connectivity index (χ4v) is 5.94. The maximum atomic E-state index is 12.7. The molecule has 162 valence electrons. The lowest BCUT2D eigenvalue weighted by Gasteiger charge is -2.27. The highest BCUT2D eigenvalue weighted by molar-refractivity contribution is 7.91. The van der Waals surface area contributed by atoms with Gasteiger partial charge in [-0.2, -0.15) is 0 Å². The molecule has 0 aliphatic carbocycles. The van der Waals surface area contributed by atoms with Crippen molar-refractivity contribution in [2.24, 2.45) is 5.92 Å². The van der Waals surface area contributed by atoms with Gasteiger partial charge in [0, 0.05) is 43.3 Å². The van der Waals surface area contributed by atoms with E-state index in [2.05, 4.69) is 5.32 Å². The number of likely N-dealkylation sites (tertiary alicyclic amines) is 1. The number of rotatable bonds is 4. The minimum Gasteiger partial charge on any atom is -0.378 e. The Bertz CT molecular complexity index is 957. The molecular weight excluding hydrogens is 410 g/mol. The summed E-state index contributed by atoms with van der Waals surface area (Å²) in [4.78, 5) is 40.9. The van der Waals surface area contributed by atoms with E-state index in [-0.39, 0.29) is 48.2 Å². The Hall–Kier alpha value is -2.46. The largest absolute Gasteiger partial charge is 0.378 e. The second-order valence-electron chi connectivity index (χ2n) is 7.98. The van der Waals surface area contributed by atoms with Crippen LogP contribution < -0.4 is 5.32 Å². The van der Waals surface area contributed by atoms with E-state index >= 15 is 0 Å². The molecule has 3 saturated heterocycles. The first-order valence-corrected chi connectivity index (χ1v) is 11.9. The first kappa shape index (κ1) is 20.8. The Labute approximate surface area is 175 Å². The van der Waals surface area contributed by atoms with Gasteiger partial charge in [-0.05, 0) is 24.6 Å². The standard InChI is InChI=1S/C20H25N3O6S/c24-18-11-15(12-23(18)17-4-9-30(27,28)13-17)19(25)21-16-3-1-2-14(10-16)20(26)22-5-7-29-8-6-22/h1-3,10,15,17H,4-9,11-13H2,(H,21,25)/t15-,17+/m0/s1. The van der Waals surface area contributed by atoms with Gasteiger partial charge in [0.15, 0.2) is 9.84 Å². The molecule has 3 fully saturated rings. The number of anilines is 1. The van der Waals surface area contributed by atoms with Crippen LogP contribution in [0.5, 0.6) is 0 Å². The molecule has 0 spiro atoms. The van der Waals surface area contributed by atoms with Crippen molar-refractivity contribution in [3.05, 3.63) is 29.8 Å². The number of amides is 3. The quantitative estimate of drug-likeness (QED) is 0.720. The lowest BCUT2D eigenvalue weighted by Crippen LogP contribution is -2.40. The van der Waals surface area contributed by atoms with Crippen LogP contribution in [0.2, 0.25) is 0 Å². The molecule has 0 aromatic heterocycles. The van der Waals surface area contributed by atoms with E-state index in [4.69, 9.17) is 4.74 Å². The maximum Gasteiger partial charge on any atom is 0.254 e. The monoisotopic (exact) mass is 435 g/mol. The molecule has 1 aromatic carbocycles. The van der Waals surface area contributed by atoms with Crippen LogP contribution in [0.25, 0.3) is 0 Å². The number of carbonyl (C=O) groups is 3. The van der Waals surface area contributed by atoms with Crippen LogP contribution >= 0.6 is 0 Å². The molecule has 0 saturated carbocycles. The zero-order chi connectivity index (χ0) is 21.3. The molecule has 3 amide bonds. The number of carbonyl (C=O) groups excluding carboxylic acids is 3. The molecule has 4 rings (SSSR count). The van der Waals surface area contributed by atoms with Crippen molar-refractivity contribution < 1.29 is 27.5 Å². The summed E-state index contributed by atoms with van der Waals surface area (Å²) in [6, 6.07) is 6.41. The number of nitrogens with zero attached hydrogens (tertiary/aromatic N) is 2. The SMILES string of the molecule is O=C(Nc1cccc(C(=O)N2CCOCC2)c1)[C@H]1CC(=O)N([C@@H]2CCS(=O)(=O)C2)C1. The lowest BCUT2D eigenvalue weighted by atomic mass is 10.1. The summed E-state index contributed by atoms with van der Waals surface area (Å²) in [5, 5.41) is 2.80. The minimum absolute atomic E-state index is 0.0290. The van der Waals surface area contributed by atoms with E-state index in [0.29, 0.717) is 44.0 Å². The molecule has 0 unspecified atom stereocenters. The number of nitrogens with one attached hydrogen (secondary N) is 1. The van der Waals surface area contributed by atoms with Gasteiger partial charge >= 0.3 is 0 Å². The van der Waals surface area contributed by atoms with Crippen LogP contribution in [0.3, 0.4) is 0 Å². The van der Waals surface area contributed by atoms with Gasteiger partial charge < -0.3 is 19.9 Å². The van der Waals surface area contributed by atoms with E-state index in [1.807, 2.05) is 0 Å². The van der Waals surface area contributed by atoms with E-state index in [1.165, 1.54) is 4.90 Å². The molecule has 30 heavy (non-hydrogen) atoms. The second-order valence-corrected chi connectivity index (χ2v) is 10.2. The lowest BCUT2D eigenvalue weighted by molar-refractivity contribution is -0.129. The molecule has 1 N–H and O–H groups in total. The highest BCUT2D eigenvalue weighted by Gasteiger charge is 2.41. The van der Waals surface area contributed by atoms with Gasteiger partial charge in [-0.15, -0.1) is 0 Å². The van der Waals surface area contributed by atoms with E-state index < -0.39 is 15.8 Å². The van der Waals surface area contributed by atoms with Gasteiger partial charge in [-0.25, -0.2) is 8.42 Å². The zero-order valence-electron chi connectivity index (χ0n) is 16.6.